The van der Waals surface area contributed by atoms with Crippen LogP contribution in [0.2, 0.25) is 0 Å². The van der Waals surface area contributed by atoms with E-state index in [1.54, 1.807) is 0 Å². The van der Waals surface area contributed by atoms with Crippen LogP contribution in [0.15, 0.2) is 191 Å². The molecule has 290 valence electrons. The van der Waals surface area contributed by atoms with Crippen LogP contribution in [-0.4, -0.2) is 14.1 Å². The van der Waals surface area contributed by atoms with E-state index < -0.39 is 0 Å². The van der Waals surface area contributed by atoms with Crippen molar-refractivity contribution in [3.8, 4) is 0 Å². The van der Waals surface area contributed by atoms with E-state index in [9.17, 15) is 0 Å². The highest BCUT2D eigenvalue weighted by atomic mass is 14.8. The third-order valence-corrected chi connectivity index (χ3v) is 10.5. The van der Waals surface area contributed by atoms with Gasteiger partial charge in [-0.1, -0.05) is 104 Å². The topological polar surface area (TPSA) is 76.1 Å². The van der Waals surface area contributed by atoms with E-state index in [2.05, 4.69) is 180 Å². The van der Waals surface area contributed by atoms with Crippen molar-refractivity contribution in [1.29, 1.82) is 0 Å². The average molecular weight is 751 g/mol. The van der Waals surface area contributed by atoms with Crippen molar-refractivity contribution >= 4 is 45.0 Å². The Labute approximate surface area is 341 Å². The van der Waals surface area contributed by atoms with Crippen molar-refractivity contribution in [2.45, 2.75) is 48.0 Å². The van der Waals surface area contributed by atoms with Crippen LogP contribution >= 0.6 is 0 Å². The molecule has 57 heavy (non-hydrogen) atoms. The van der Waals surface area contributed by atoms with E-state index >= 15 is 0 Å². The zero-order valence-corrected chi connectivity index (χ0v) is 34.9. The second-order valence-electron chi connectivity index (χ2n) is 14.7. The highest BCUT2D eigenvalue weighted by Crippen LogP contribution is 2.34. The zero-order chi connectivity index (χ0) is 41.1. The maximum Gasteiger partial charge on any atom is 0.0337 e. The van der Waals surface area contributed by atoms with Gasteiger partial charge in [-0.3, -0.25) is 0 Å². The molecule has 0 amide bonds. The molecule has 4 aromatic rings. The summed E-state index contributed by atoms with van der Waals surface area (Å²) < 4.78 is 0. The van der Waals surface area contributed by atoms with E-state index in [1.807, 2.05) is 38.4 Å². The van der Waals surface area contributed by atoms with Gasteiger partial charge in [-0.2, -0.15) is 0 Å². The van der Waals surface area contributed by atoms with Gasteiger partial charge in [-0.25, -0.2) is 0 Å². The van der Waals surface area contributed by atoms with Gasteiger partial charge in [0.2, 0.25) is 0 Å². The standard InChI is InChI=1S/C53H58N4/c1-35-13-14-37(3)52(43-21-29-47(55)30-22-43)39(5)17-18-41(7)53(45-25-33-49(57-9)34-26-45)40(6)16-15-38(4)51(44-23-31-48(56-8)32-24-44)36(2)11-10-12-50(35)42-19-27-46(54)28-20-42/h10-11,13-34,56-57H,5,12,54-55H2,1-4,6-9H3/b11-10-,14-13-,18-17-,38-15+,40-16+,50-35-,51-36-,52-37-,53-41-. The number of allylic oxidation sites excluding steroid dienone is 19. The molecule has 0 unspecified atom stereocenters. The largest absolute Gasteiger partial charge is 0.399 e. The summed E-state index contributed by atoms with van der Waals surface area (Å²) in [6, 6.07) is 33.5. The van der Waals surface area contributed by atoms with Gasteiger partial charge in [-0.05, 0) is 180 Å². The quantitative estimate of drug-likeness (QED) is 0.148. The lowest BCUT2D eigenvalue weighted by molar-refractivity contribution is 1.32. The molecule has 1 aliphatic carbocycles. The molecule has 0 aromatic heterocycles. The summed E-state index contributed by atoms with van der Waals surface area (Å²) in [4.78, 5) is 0. The van der Waals surface area contributed by atoms with Crippen molar-refractivity contribution in [3.05, 3.63) is 214 Å². The number of hydrogen-bond acceptors (Lipinski definition) is 4. The zero-order valence-electron chi connectivity index (χ0n) is 34.9. The Bertz CT molecular complexity index is 2360. The second kappa shape index (κ2) is 19.4. The van der Waals surface area contributed by atoms with Crippen molar-refractivity contribution in [3.63, 3.8) is 0 Å². The minimum Gasteiger partial charge on any atom is -0.399 e. The molecule has 0 saturated carbocycles. The molecular formula is C53H58N4. The maximum absolute atomic E-state index is 6.14. The van der Waals surface area contributed by atoms with E-state index in [0.717, 1.165) is 73.7 Å². The molecule has 0 heterocycles. The van der Waals surface area contributed by atoms with Gasteiger partial charge in [0.1, 0.15) is 0 Å². The van der Waals surface area contributed by atoms with Gasteiger partial charge in [0, 0.05) is 36.8 Å². The van der Waals surface area contributed by atoms with Gasteiger partial charge in [0.15, 0.2) is 0 Å². The smallest absolute Gasteiger partial charge is 0.0337 e. The summed E-state index contributed by atoms with van der Waals surface area (Å²) in [5, 5.41) is 6.52. The first-order valence-electron chi connectivity index (χ1n) is 19.6. The van der Waals surface area contributed by atoms with Crippen molar-refractivity contribution in [2.75, 3.05) is 36.2 Å². The van der Waals surface area contributed by atoms with Crippen LogP contribution in [-0.2, 0) is 0 Å². The lowest BCUT2D eigenvalue weighted by Crippen LogP contribution is -1.95. The van der Waals surface area contributed by atoms with Crippen molar-refractivity contribution in [1.82, 2.24) is 0 Å². The van der Waals surface area contributed by atoms with E-state index in [4.69, 9.17) is 11.5 Å². The number of nitrogens with two attached hydrogens (primary N) is 2. The van der Waals surface area contributed by atoms with Crippen molar-refractivity contribution in [2.24, 2.45) is 0 Å². The number of nitrogens with one attached hydrogen (secondary N) is 2. The van der Waals surface area contributed by atoms with E-state index in [0.29, 0.717) is 0 Å². The average Bonchev–Trinajstić information content (AvgIpc) is 3.21. The molecular weight excluding hydrogens is 693 g/mol. The summed E-state index contributed by atoms with van der Waals surface area (Å²) >= 11 is 0. The lowest BCUT2D eigenvalue weighted by atomic mass is 9.89. The number of anilines is 4. The summed E-state index contributed by atoms with van der Waals surface area (Å²) in [6.07, 6.45) is 18.5. The van der Waals surface area contributed by atoms with Crippen LogP contribution in [0.1, 0.15) is 70.2 Å². The summed E-state index contributed by atoms with van der Waals surface area (Å²) in [6.45, 7) is 17.8. The van der Waals surface area contributed by atoms with Crippen LogP contribution < -0.4 is 22.1 Å². The number of rotatable bonds is 6. The Morgan fingerprint density at radius 3 is 1.28 bits per heavy atom. The third kappa shape index (κ3) is 10.6. The summed E-state index contributed by atoms with van der Waals surface area (Å²) in [5.41, 5.74) is 32.9. The first-order chi connectivity index (χ1) is 27.4. The van der Waals surface area contributed by atoms with Crippen LogP contribution in [0.3, 0.4) is 0 Å². The molecule has 5 rings (SSSR count). The molecule has 0 spiro atoms. The van der Waals surface area contributed by atoms with Crippen LogP contribution in [0.4, 0.5) is 22.7 Å². The lowest BCUT2D eigenvalue weighted by Gasteiger charge is -2.16. The Hall–Kier alpha value is -6.52. The maximum atomic E-state index is 6.14. The molecule has 6 N–H and O–H groups in total. The van der Waals surface area contributed by atoms with E-state index in [-0.39, 0.29) is 0 Å². The number of nitrogen functional groups attached to an aromatic ring is 2. The minimum absolute atomic E-state index is 0.726. The van der Waals surface area contributed by atoms with Crippen LogP contribution in [0.5, 0.6) is 0 Å². The van der Waals surface area contributed by atoms with Gasteiger partial charge < -0.3 is 22.1 Å². The molecule has 0 atom stereocenters. The molecule has 4 nitrogen and oxygen atoms in total. The molecule has 4 aromatic carbocycles. The van der Waals surface area contributed by atoms with Gasteiger partial charge in [0.25, 0.3) is 0 Å². The fraction of sp³-hybridized carbons (Fsp3) is 0.170. The first-order valence-corrected chi connectivity index (χ1v) is 19.6. The van der Waals surface area contributed by atoms with Crippen LogP contribution in [0, 0.1) is 0 Å². The molecule has 1 aliphatic rings. The minimum atomic E-state index is 0.726. The van der Waals surface area contributed by atoms with Gasteiger partial charge in [-0.15, -0.1) is 0 Å². The van der Waals surface area contributed by atoms with Gasteiger partial charge >= 0.3 is 0 Å². The molecule has 4 heteroatoms. The third-order valence-electron chi connectivity index (χ3n) is 10.5. The second-order valence-corrected chi connectivity index (χ2v) is 14.7. The fourth-order valence-corrected chi connectivity index (χ4v) is 7.33. The fourth-order valence-electron chi connectivity index (χ4n) is 7.33. The highest BCUT2D eigenvalue weighted by molar-refractivity contribution is 5.88. The van der Waals surface area contributed by atoms with E-state index in [1.165, 1.54) is 39.0 Å². The summed E-state index contributed by atoms with van der Waals surface area (Å²) in [5.74, 6) is 0. The first kappa shape index (κ1) is 41.6. The predicted molar refractivity (Wildman–Crippen MR) is 253 cm³/mol. The number of benzene rings is 4. The van der Waals surface area contributed by atoms with Gasteiger partial charge in [0.05, 0.1) is 0 Å². The predicted octanol–water partition coefficient (Wildman–Crippen LogP) is 13.7. The Balaban J connectivity index is 1.78. The highest BCUT2D eigenvalue weighted by Gasteiger charge is 2.13. The normalized spacial score (nSPS) is 23.8. The molecule has 0 radical (unpaired) electrons. The summed E-state index contributed by atoms with van der Waals surface area (Å²) in [7, 11) is 3.90. The van der Waals surface area contributed by atoms with Crippen molar-refractivity contribution < 1.29 is 0 Å². The molecule has 0 bridgehead atoms. The van der Waals surface area contributed by atoms with Crippen LogP contribution in [0.25, 0.3) is 22.3 Å². The Kier molecular flexibility index (Phi) is 14.2. The Morgan fingerprint density at radius 2 is 0.807 bits per heavy atom. The Morgan fingerprint density at radius 1 is 0.439 bits per heavy atom. The molecule has 0 saturated heterocycles. The number of hydrogen-bond donors (Lipinski definition) is 4. The molecule has 0 aliphatic heterocycles. The monoisotopic (exact) mass is 750 g/mol. The molecule has 0 fully saturated rings. The SMILES string of the molecule is C=C1\C=C/C(C)=C(c2ccc(NC)cc2)/C(C)=C/C=C(C)/C(c2ccc(NC)cc2)=C(C)/C=C\C/C(c2ccc(N)cc2)=C(C)/C=C\C(C)=C\1c1ccc(N)cc1.